The zero-order valence-corrected chi connectivity index (χ0v) is 16.7. The van der Waals surface area contributed by atoms with Crippen LogP contribution in [0, 0.1) is 0 Å². The Morgan fingerprint density at radius 3 is 2.85 bits per heavy atom. The Balaban J connectivity index is 1.40. The fourth-order valence-corrected chi connectivity index (χ4v) is 5.11. The maximum Gasteiger partial charge on any atom is 0.191 e. The number of benzene rings is 1. The summed E-state index contributed by atoms with van der Waals surface area (Å²) < 4.78 is 2.20. The van der Waals surface area contributed by atoms with Crippen molar-refractivity contribution in [2.45, 2.75) is 36.2 Å². The van der Waals surface area contributed by atoms with E-state index >= 15 is 0 Å². The summed E-state index contributed by atoms with van der Waals surface area (Å²) in [6.45, 7) is 3.30. The number of piperidine rings is 1. The van der Waals surface area contributed by atoms with Crippen LogP contribution in [0.3, 0.4) is 0 Å². The second-order valence-corrected chi connectivity index (χ2v) is 8.60. The predicted octanol–water partition coefficient (Wildman–Crippen LogP) is 4.55. The molecule has 4 nitrogen and oxygen atoms in total. The maximum atomic E-state index is 4.55. The summed E-state index contributed by atoms with van der Waals surface area (Å²) in [5.41, 5.74) is 2.74. The Labute approximate surface area is 163 Å². The molecule has 0 radical (unpaired) electrons. The van der Waals surface area contributed by atoms with Crippen molar-refractivity contribution in [2.24, 2.45) is 7.05 Å². The van der Waals surface area contributed by atoms with Crippen molar-refractivity contribution in [3.05, 3.63) is 64.1 Å². The summed E-state index contributed by atoms with van der Waals surface area (Å²) >= 11 is 3.55. The third kappa shape index (κ3) is 4.19. The van der Waals surface area contributed by atoms with Crippen LogP contribution in [0.15, 0.2) is 52.3 Å². The van der Waals surface area contributed by atoms with Crippen molar-refractivity contribution in [2.75, 3.05) is 13.1 Å². The standard InChI is InChI=1S/C20H24N4S2/c1-23-19(21-22-20(23)26-15-16-6-3-2-4-7-16)18-8-5-10-24(13-18)12-17-9-11-25-14-17/h2-4,6-7,9,11,14,18H,5,8,10,12-13,15H2,1H3. The van der Waals surface area contributed by atoms with Gasteiger partial charge >= 0.3 is 0 Å². The van der Waals surface area contributed by atoms with Gasteiger partial charge < -0.3 is 4.57 Å². The first-order valence-corrected chi connectivity index (χ1v) is 11.0. The van der Waals surface area contributed by atoms with Gasteiger partial charge in [0.05, 0.1) is 0 Å². The highest BCUT2D eigenvalue weighted by Crippen LogP contribution is 2.29. The van der Waals surface area contributed by atoms with Gasteiger partial charge in [-0.1, -0.05) is 42.1 Å². The molecule has 1 aliphatic rings. The molecule has 1 fully saturated rings. The lowest BCUT2D eigenvalue weighted by Gasteiger charge is -2.31. The Hall–Kier alpha value is -1.63. The summed E-state index contributed by atoms with van der Waals surface area (Å²) in [4.78, 5) is 2.56. The number of rotatable bonds is 6. The smallest absolute Gasteiger partial charge is 0.191 e. The number of hydrogen-bond donors (Lipinski definition) is 0. The topological polar surface area (TPSA) is 34.0 Å². The van der Waals surface area contributed by atoms with Gasteiger partial charge in [0.1, 0.15) is 5.82 Å². The Morgan fingerprint density at radius 1 is 1.15 bits per heavy atom. The molecule has 0 saturated carbocycles. The molecule has 0 aliphatic carbocycles. The van der Waals surface area contributed by atoms with E-state index in [4.69, 9.17) is 0 Å². The molecule has 0 spiro atoms. The molecule has 0 amide bonds. The van der Waals surface area contributed by atoms with Crippen LogP contribution in [-0.4, -0.2) is 32.8 Å². The summed E-state index contributed by atoms with van der Waals surface area (Å²) in [7, 11) is 2.11. The van der Waals surface area contributed by atoms with Crippen molar-refractivity contribution in [3.8, 4) is 0 Å². The van der Waals surface area contributed by atoms with E-state index < -0.39 is 0 Å². The maximum absolute atomic E-state index is 4.55. The SMILES string of the molecule is Cn1c(SCc2ccccc2)nnc1C1CCCN(Cc2ccsc2)C1. The molecule has 3 heterocycles. The van der Waals surface area contributed by atoms with Crippen LogP contribution in [0.2, 0.25) is 0 Å². The molecule has 6 heteroatoms. The van der Waals surface area contributed by atoms with Crippen molar-refractivity contribution < 1.29 is 0 Å². The van der Waals surface area contributed by atoms with Gasteiger partial charge in [0.2, 0.25) is 0 Å². The first-order valence-electron chi connectivity index (χ1n) is 9.09. The zero-order chi connectivity index (χ0) is 17.8. The fraction of sp³-hybridized carbons (Fsp3) is 0.400. The first-order chi connectivity index (χ1) is 12.8. The summed E-state index contributed by atoms with van der Waals surface area (Å²) in [6, 6.07) is 12.8. The van der Waals surface area contributed by atoms with E-state index in [-0.39, 0.29) is 0 Å². The van der Waals surface area contributed by atoms with Crippen LogP contribution in [0.1, 0.15) is 35.7 Å². The first kappa shape index (κ1) is 17.8. The average molecular weight is 385 g/mol. The van der Waals surface area contributed by atoms with E-state index in [0.717, 1.165) is 29.8 Å². The van der Waals surface area contributed by atoms with E-state index in [1.165, 1.54) is 30.5 Å². The second-order valence-electron chi connectivity index (χ2n) is 6.88. The highest BCUT2D eigenvalue weighted by Gasteiger charge is 2.26. The predicted molar refractivity (Wildman–Crippen MR) is 109 cm³/mol. The molecule has 0 bridgehead atoms. The van der Waals surface area contributed by atoms with Crippen LogP contribution in [0.4, 0.5) is 0 Å². The van der Waals surface area contributed by atoms with Crippen molar-refractivity contribution in [1.82, 2.24) is 19.7 Å². The van der Waals surface area contributed by atoms with Gasteiger partial charge in [-0.3, -0.25) is 4.90 Å². The van der Waals surface area contributed by atoms with Gasteiger partial charge in [-0.15, -0.1) is 10.2 Å². The lowest BCUT2D eigenvalue weighted by molar-refractivity contribution is 0.195. The van der Waals surface area contributed by atoms with Crippen LogP contribution in [0.5, 0.6) is 0 Å². The summed E-state index contributed by atoms with van der Waals surface area (Å²) in [5.74, 6) is 2.54. The van der Waals surface area contributed by atoms with Crippen molar-refractivity contribution >= 4 is 23.1 Å². The number of thiophene rings is 1. The summed E-state index contributed by atoms with van der Waals surface area (Å²) in [5, 5.41) is 14.4. The van der Waals surface area contributed by atoms with E-state index in [1.54, 1.807) is 23.1 Å². The minimum atomic E-state index is 0.478. The second kappa shape index (κ2) is 8.37. The molecule has 26 heavy (non-hydrogen) atoms. The number of aromatic nitrogens is 3. The van der Waals surface area contributed by atoms with E-state index in [0.29, 0.717) is 5.92 Å². The van der Waals surface area contributed by atoms with Gasteiger partial charge in [-0.2, -0.15) is 11.3 Å². The third-order valence-electron chi connectivity index (χ3n) is 4.94. The number of nitrogens with zero attached hydrogens (tertiary/aromatic N) is 4. The van der Waals surface area contributed by atoms with Gasteiger partial charge in [0.25, 0.3) is 0 Å². The van der Waals surface area contributed by atoms with Crippen molar-refractivity contribution in [1.29, 1.82) is 0 Å². The Morgan fingerprint density at radius 2 is 2.04 bits per heavy atom. The van der Waals surface area contributed by atoms with E-state index in [9.17, 15) is 0 Å². The monoisotopic (exact) mass is 384 g/mol. The quantitative estimate of drug-likeness (QED) is 0.584. The van der Waals surface area contributed by atoms with Gasteiger partial charge in [-0.05, 0) is 47.3 Å². The number of thioether (sulfide) groups is 1. The molecule has 1 aromatic carbocycles. The Bertz CT molecular complexity index is 814. The molecular formula is C20H24N4S2. The van der Waals surface area contributed by atoms with Crippen LogP contribution in [0.25, 0.3) is 0 Å². The molecule has 1 saturated heterocycles. The third-order valence-corrected chi connectivity index (χ3v) is 6.76. The highest BCUT2D eigenvalue weighted by atomic mass is 32.2. The van der Waals surface area contributed by atoms with Gasteiger partial charge in [0.15, 0.2) is 5.16 Å². The lowest BCUT2D eigenvalue weighted by Crippen LogP contribution is -2.34. The molecule has 1 unspecified atom stereocenters. The molecular weight excluding hydrogens is 360 g/mol. The van der Waals surface area contributed by atoms with Crippen molar-refractivity contribution in [3.63, 3.8) is 0 Å². The van der Waals surface area contributed by atoms with Gasteiger partial charge in [0, 0.05) is 31.8 Å². The lowest BCUT2D eigenvalue weighted by atomic mass is 9.97. The Kier molecular flexibility index (Phi) is 5.72. The number of likely N-dealkylation sites (tertiary alicyclic amines) is 1. The molecule has 1 atom stereocenters. The largest absolute Gasteiger partial charge is 0.309 e. The van der Waals surface area contributed by atoms with Crippen LogP contribution < -0.4 is 0 Å². The molecule has 0 N–H and O–H groups in total. The highest BCUT2D eigenvalue weighted by molar-refractivity contribution is 7.98. The van der Waals surface area contributed by atoms with E-state index in [1.807, 2.05) is 0 Å². The molecule has 2 aromatic heterocycles. The minimum Gasteiger partial charge on any atom is -0.309 e. The minimum absolute atomic E-state index is 0.478. The average Bonchev–Trinajstić information content (AvgIpc) is 3.31. The normalized spacial score (nSPS) is 18.3. The molecule has 136 valence electrons. The van der Waals surface area contributed by atoms with E-state index in [2.05, 4.69) is 73.9 Å². The summed E-state index contributed by atoms with van der Waals surface area (Å²) in [6.07, 6.45) is 2.43. The van der Waals surface area contributed by atoms with Crippen LogP contribution >= 0.6 is 23.1 Å². The fourth-order valence-electron chi connectivity index (χ4n) is 3.58. The number of hydrogen-bond acceptors (Lipinski definition) is 5. The zero-order valence-electron chi connectivity index (χ0n) is 15.0. The van der Waals surface area contributed by atoms with Gasteiger partial charge in [-0.25, -0.2) is 0 Å². The molecule has 3 aromatic rings. The molecule has 4 rings (SSSR count). The molecule has 1 aliphatic heterocycles. The van der Waals surface area contributed by atoms with Crippen LogP contribution in [-0.2, 0) is 19.3 Å².